The lowest BCUT2D eigenvalue weighted by molar-refractivity contribution is 0.305. The monoisotopic (exact) mass is 384 g/mol. The van der Waals surface area contributed by atoms with E-state index < -0.39 is 0 Å². The number of aryl methyl sites for hydroxylation is 1. The summed E-state index contributed by atoms with van der Waals surface area (Å²) in [6, 6.07) is 7.99. The number of aromatic nitrogens is 4. The molecule has 0 bridgehead atoms. The van der Waals surface area contributed by atoms with Crippen LogP contribution in [0, 0.1) is 6.92 Å². The molecule has 4 rings (SSSR count). The highest BCUT2D eigenvalue weighted by Crippen LogP contribution is 2.33. The molecular weight excluding hydrogens is 368 g/mol. The summed E-state index contributed by atoms with van der Waals surface area (Å²) in [5.41, 5.74) is 3.00. The van der Waals surface area contributed by atoms with E-state index >= 15 is 0 Å². The number of hydrogen-bond donors (Lipinski definition) is 0. The topological polar surface area (TPSA) is 73.9 Å². The first-order valence-electron chi connectivity index (χ1n) is 8.18. The smallest absolute Gasteiger partial charge is 0.255 e. The van der Waals surface area contributed by atoms with Crippen LogP contribution in [0.5, 0.6) is 5.88 Å². The van der Waals surface area contributed by atoms with Crippen molar-refractivity contribution >= 4 is 34.3 Å². The maximum absolute atomic E-state index is 5.92. The minimum Gasteiger partial charge on any atom is -0.476 e. The first-order valence-corrected chi connectivity index (χ1v) is 9.88. The molecule has 1 aromatic carbocycles. The molecule has 0 fully saturated rings. The Morgan fingerprint density at radius 2 is 2.15 bits per heavy atom. The van der Waals surface area contributed by atoms with E-state index in [1.807, 2.05) is 43.5 Å². The van der Waals surface area contributed by atoms with Crippen molar-refractivity contribution in [2.24, 2.45) is 0 Å². The molecule has 3 heterocycles. The highest BCUT2D eigenvalue weighted by Gasteiger charge is 2.18. The second kappa shape index (κ2) is 7.43. The molecule has 0 saturated carbocycles. The number of oxazole rings is 1. The first-order chi connectivity index (χ1) is 12.7. The summed E-state index contributed by atoms with van der Waals surface area (Å²) in [6.45, 7) is 4.63. The lowest BCUT2D eigenvalue weighted by atomic mass is 10.1. The van der Waals surface area contributed by atoms with E-state index in [2.05, 4.69) is 19.9 Å². The van der Waals surface area contributed by atoms with E-state index in [1.54, 1.807) is 6.20 Å². The van der Waals surface area contributed by atoms with Crippen LogP contribution < -0.4 is 4.74 Å². The van der Waals surface area contributed by atoms with Crippen LogP contribution in [0.25, 0.3) is 22.7 Å². The van der Waals surface area contributed by atoms with Crippen LogP contribution in [0.4, 0.5) is 0 Å². The molecular formula is C18H16N4O2S2. The molecule has 0 unspecified atom stereocenters. The van der Waals surface area contributed by atoms with Gasteiger partial charge in [0.1, 0.15) is 0 Å². The van der Waals surface area contributed by atoms with Crippen molar-refractivity contribution in [3.05, 3.63) is 41.4 Å². The normalized spacial score (nSPS) is 11.2. The molecule has 0 spiro atoms. The van der Waals surface area contributed by atoms with Crippen molar-refractivity contribution in [2.45, 2.75) is 29.8 Å². The zero-order valence-electron chi connectivity index (χ0n) is 14.3. The maximum atomic E-state index is 5.92. The van der Waals surface area contributed by atoms with Gasteiger partial charge in [-0.3, -0.25) is 0 Å². The Balaban J connectivity index is 1.78. The Morgan fingerprint density at radius 1 is 1.23 bits per heavy atom. The molecule has 8 heteroatoms. The van der Waals surface area contributed by atoms with E-state index in [1.165, 1.54) is 23.1 Å². The van der Waals surface area contributed by atoms with Crippen molar-refractivity contribution in [2.75, 3.05) is 6.61 Å². The summed E-state index contributed by atoms with van der Waals surface area (Å²) in [6.07, 6.45) is 2.63. The molecule has 0 atom stereocenters. The zero-order chi connectivity index (χ0) is 17.9. The van der Waals surface area contributed by atoms with Gasteiger partial charge in [0.05, 0.1) is 6.61 Å². The quantitative estimate of drug-likeness (QED) is 0.434. The van der Waals surface area contributed by atoms with Gasteiger partial charge in [0.25, 0.3) is 5.71 Å². The summed E-state index contributed by atoms with van der Waals surface area (Å²) in [7, 11) is 0. The lowest BCUT2D eigenvalue weighted by Crippen LogP contribution is -2.00. The Kier molecular flexibility index (Phi) is 4.85. The lowest BCUT2D eigenvalue weighted by Gasteiger charge is -2.04. The van der Waals surface area contributed by atoms with Crippen LogP contribution in [0.3, 0.4) is 0 Å². The molecule has 0 aliphatic carbocycles. The van der Waals surface area contributed by atoms with Crippen LogP contribution in [0.1, 0.15) is 18.9 Å². The van der Waals surface area contributed by atoms with Crippen molar-refractivity contribution < 1.29 is 9.15 Å². The van der Waals surface area contributed by atoms with E-state index in [9.17, 15) is 0 Å². The highest BCUT2D eigenvalue weighted by atomic mass is 32.2. The number of ether oxygens (including phenoxy) is 1. The summed E-state index contributed by atoms with van der Waals surface area (Å²) in [4.78, 5) is 17.8. The third-order valence-corrected chi connectivity index (χ3v) is 5.25. The van der Waals surface area contributed by atoms with Gasteiger partial charge in [-0.25, -0.2) is 9.97 Å². The van der Waals surface area contributed by atoms with Crippen molar-refractivity contribution in [3.8, 4) is 17.3 Å². The molecule has 0 aliphatic heterocycles. The molecule has 0 radical (unpaired) electrons. The van der Waals surface area contributed by atoms with Gasteiger partial charge in [-0.1, -0.05) is 24.6 Å². The molecule has 0 amide bonds. The Morgan fingerprint density at radius 3 is 2.92 bits per heavy atom. The number of benzene rings is 1. The number of nitrogens with zero attached hydrogens (tertiary/aromatic N) is 4. The SMILES string of the molecule is CCCOc1nc(Sc2nccs2)nc2oc(-c3cccc(C)c3)nc12. The fourth-order valence-corrected chi connectivity index (χ4v) is 3.83. The Labute approximate surface area is 158 Å². The summed E-state index contributed by atoms with van der Waals surface area (Å²) in [5.74, 6) is 0.953. The minimum absolute atomic E-state index is 0.418. The van der Waals surface area contributed by atoms with Gasteiger partial charge < -0.3 is 9.15 Å². The number of fused-ring (bicyclic) bond motifs is 1. The molecule has 3 aromatic heterocycles. The predicted octanol–water partition coefficient (Wildman–Crippen LogP) is 4.99. The second-order valence-corrected chi connectivity index (χ2v) is 7.71. The third-order valence-electron chi connectivity index (χ3n) is 3.50. The molecule has 0 N–H and O–H groups in total. The van der Waals surface area contributed by atoms with Crippen molar-refractivity contribution in [1.82, 2.24) is 19.9 Å². The largest absolute Gasteiger partial charge is 0.476 e. The number of hydrogen-bond acceptors (Lipinski definition) is 8. The number of rotatable bonds is 6. The van der Waals surface area contributed by atoms with E-state index in [0.717, 1.165) is 21.9 Å². The standard InChI is InChI=1S/C18H16N4O2S2/c1-3-8-23-15-13-16(22-17(21-15)26-18-19-7-9-25-18)24-14(20-13)12-6-4-5-11(2)10-12/h4-7,9-10H,3,8H2,1-2H3. The van der Waals surface area contributed by atoms with E-state index in [-0.39, 0.29) is 0 Å². The average molecular weight is 384 g/mol. The summed E-state index contributed by atoms with van der Waals surface area (Å²) >= 11 is 2.92. The second-order valence-electron chi connectivity index (χ2n) is 5.60. The van der Waals surface area contributed by atoms with E-state index in [4.69, 9.17) is 9.15 Å². The zero-order valence-corrected chi connectivity index (χ0v) is 15.9. The summed E-state index contributed by atoms with van der Waals surface area (Å²) < 4.78 is 12.6. The van der Waals surface area contributed by atoms with Crippen LogP contribution in [-0.4, -0.2) is 26.5 Å². The number of thiazole rings is 1. The molecule has 4 aromatic rings. The highest BCUT2D eigenvalue weighted by molar-refractivity contribution is 8.00. The molecule has 0 aliphatic rings. The molecule has 0 saturated heterocycles. The molecule has 6 nitrogen and oxygen atoms in total. The van der Waals surface area contributed by atoms with Crippen LogP contribution in [0.15, 0.2) is 49.8 Å². The van der Waals surface area contributed by atoms with Gasteiger partial charge in [-0.05, 0) is 37.2 Å². The Bertz CT molecular complexity index is 1030. The van der Waals surface area contributed by atoms with Crippen molar-refractivity contribution in [3.63, 3.8) is 0 Å². The van der Waals surface area contributed by atoms with Gasteiger partial charge in [0, 0.05) is 17.1 Å². The van der Waals surface area contributed by atoms with Gasteiger partial charge >= 0.3 is 0 Å². The minimum atomic E-state index is 0.418. The van der Waals surface area contributed by atoms with Gasteiger partial charge in [-0.15, -0.1) is 11.3 Å². The fraction of sp³-hybridized carbons (Fsp3) is 0.222. The van der Waals surface area contributed by atoms with E-state index in [0.29, 0.717) is 34.8 Å². The van der Waals surface area contributed by atoms with Gasteiger partial charge in [0.15, 0.2) is 9.86 Å². The van der Waals surface area contributed by atoms with Crippen LogP contribution >= 0.6 is 23.1 Å². The third kappa shape index (κ3) is 3.56. The Hall–Kier alpha value is -2.45. The first kappa shape index (κ1) is 17.0. The van der Waals surface area contributed by atoms with Crippen molar-refractivity contribution in [1.29, 1.82) is 0 Å². The maximum Gasteiger partial charge on any atom is 0.255 e. The van der Waals surface area contributed by atoms with Crippen LogP contribution in [-0.2, 0) is 0 Å². The predicted molar refractivity (Wildman–Crippen MR) is 102 cm³/mol. The van der Waals surface area contributed by atoms with Gasteiger partial charge in [0.2, 0.25) is 16.9 Å². The fourth-order valence-electron chi connectivity index (χ4n) is 2.36. The molecule has 132 valence electrons. The van der Waals surface area contributed by atoms with Crippen LogP contribution in [0.2, 0.25) is 0 Å². The summed E-state index contributed by atoms with van der Waals surface area (Å²) in [5, 5.41) is 2.45. The van der Waals surface area contributed by atoms with Gasteiger partial charge in [-0.2, -0.15) is 9.97 Å². The molecule has 26 heavy (non-hydrogen) atoms. The average Bonchev–Trinajstić information content (AvgIpc) is 3.29.